The summed E-state index contributed by atoms with van der Waals surface area (Å²) in [5, 5.41) is 0.889. The highest BCUT2D eigenvalue weighted by Crippen LogP contribution is 2.31. The van der Waals surface area contributed by atoms with Gasteiger partial charge in [0.1, 0.15) is 4.90 Å². The van der Waals surface area contributed by atoms with Crippen LogP contribution in [0.2, 0.25) is 0 Å². The largest absolute Gasteiger partial charge is 0.377 e. The van der Waals surface area contributed by atoms with Crippen LogP contribution in [0.1, 0.15) is 5.56 Å². The first-order valence-corrected chi connectivity index (χ1v) is 9.62. The summed E-state index contributed by atoms with van der Waals surface area (Å²) in [4.78, 5) is 3.41. The van der Waals surface area contributed by atoms with Gasteiger partial charge in [-0.25, -0.2) is 0 Å². The molecule has 0 saturated heterocycles. The Bertz CT molecular complexity index is 1160. The zero-order chi connectivity index (χ0) is 18.1. The summed E-state index contributed by atoms with van der Waals surface area (Å²) < 4.78 is 30.6. The summed E-state index contributed by atoms with van der Waals surface area (Å²) >= 11 is 0. The smallest absolute Gasteiger partial charge is 0.339 e. The third kappa shape index (κ3) is 3.09. The second-order valence-electron chi connectivity index (χ2n) is 6.12. The number of rotatable bonds is 4. The molecule has 0 aliphatic rings. The minimum Gasteiger partial charge on any atom is -0.377 e. The molecule has 4 rings (SSSR count). The number of nitrogens with one attached hydrogen (secondary N) is 1. The molecule has 1 heterocycles. The number of hydrogen-bond acceptors (Lipinski definition) is 3. The summed E-state index contributed by atoms with van der Waals surface area (Å²) in [6, 6.07) is 23.8. The van der Waals surface area contributed by atoms with Crippen molar-refractivity contribution >= 4 is 21.0 Å². The summed E-state index contributed by atoms with van der Waals surface area (Å²) in [6.07, 6.45) is 0. The van der Waals surface area contributed by atoms with Crippen molar-refractivity contribution in [1.82, 2.24) is 4.98 Å². The lowest BCUT2D eigenvalue weighted by atomic mass is 10.1. The second kappa shape index (κ2) is 6.35. The zero-order valence-corrected chi connectivity index (χ0v) is 15.0. The van der Waals surface area contributed by atoms with Crippen LogP contribution >= 0.6 is 0 Å². The van der Waals surface area contributed by atoms with Crippen molar-refractivity contribution in [3.8, 4) is 17.0 Å². The first kappa shape index (κ1) is 16.4. The molecule has 26 heavy (non-hydrogen) atoms. The van der Waals surface area contributed by atoms with E-state index in [9.17, 15) is 8.42 Å². The van der Waals surface area contributed by atoms with Gasteiger partial charge in [-0.2, -0.15) is 8.42 Å². The fraction of sp³-hybridized carbons (Fsp3) is 0.0476. The lowest BCUT2D eigenvalue weighted by Gasteiger charge is -2.08. The fourth-order valence-electron chi connectivity index (χ4n) is 2.84. The van der Waals surface area contributed by atoms with E-state index in [2.05, 4.69) is 4.98 Å². The number of para-hydroxylation sites is 1. The number of fused-ring (bicyclic) bond motifs is 1. The number of aromatic amines is 1. The molecule has 5 heteroatoms. The molecule has 0 amide bonds. The molecule has 0 radical (unpaired) electrons. The van der Waals surface area contributed by atoms with E-state index in [0.29, 0.717) is 5.52 Å². The van der Waals surface area contributed by atoms with E-state index in [1.54, 1.807) is 36.4 Å². The van der Waals surface area contributed by atoms with Gasteiger partial charge in [-0.15, -0.1) is 0 Å². The summed E-state index contributed by atoms with van der Waals surface area (Å²) in [5.41, 5.74) is 3.57. The Morgan fingerprint density at radius 1 is 0.846 bits per heavy atom. The molecule has 0 unspecified atom stereocenters. The van der Waals surface area contributed by atoms with Crippen molar-refractivity contribution in [2.45, 2.75) is 11.8 Å². The molecule has 0 aliphatic carbocycles. The van der Waals surface area contributed by atoms with Gasteiger partial charge >= 0.3 is 10.1 Å². The molecule has 0 saturated carbocycles. The maximum atomic E-state index is 12.6. The minimum absolute atomic E-state index is 0.134. The van der Waals surface area contributed by atoms with Crippen molar-refractivity contribution < 1.29 is 12.6 Å². The number of aryl methyl sites for hydroxylation is 1. The first-order valence-electron chi connectivity index (χ1n) is 8.21. The number of benzene rings is 3. The van der Waals surface area contributed by atoms with Crippen molar-refractivity contribution in [2.75, 3.05) is 0 Å². The number of aromatic nitrogens is 1. The Morgan fingerprint density at radius 3 is 2.31 bits per heavy atom. The van der Waals surface area contributed by atoms with Gasteiger partial charge in [0.2, 0.25) is 0 Å². The lowest BCUT2D eigenvalue weighted by Crippen LogP contribution is -2.09. The molecule has 0 spiro atoms. The van der Waals surface area contributed by atoms with Gasteiger partial charge in [0.15, 0.2) is 5.75 Å². The third-order valence-corrected chi connectivity index (χ3v) is 5.46. The van der Waals surface area contributed by atoms with E-state index in [4.69, 9.17) is 4.18 Å². The lowest BCUT2D eigenvalue weighted by molar-refractivity contribution is 0.488. The van der Waals surface area contributed by atoms with Gasteiger partial charge in [0.05, 0.1) is 5.52 Å². The Morgan fingerprint density at radius 2 is 1.58 bits per heavy atom. The maximum Gasteiger partial charge on any atom is 0.339 e. The molecule has 1 aromatic heterocycles. The van der Waals surface area contributed by atoms with Crippen LogP contribution in [0.15, 0.2) is 83.8 Å². The van der Waals surface area contributed by atoms with Crippen molar-refractivity contribution in [2.24, 2.45) is 0 Å². The second-order valence-corrected chi connectivity index (χ2v) is 7.67. The Labute approximate surface area is 152 Å². The van der Waals surface area contributed by atoms with Crippen LogP contribution in [0.4, 0.5) is 0 Å². The van der Waals surface area contributed by atoms with Gasteiger partial charge in [0.25, 0.3) is 0 Å². The average molecular weight is 363 g/mol. The quantitative estimate of drug-likeness (QED) is 0.524. The van der Waals surface area contributed by atoms with Gasteiger partial charge < -0.3 is 9.17 Å². The predicted octanol–water partition coefficient (Wildman–Crippen LogP) is 4.91. The Hall–Kier alpha value is -3.05. The molecule has 4 nitrogen and oxygen atoms in total. The van der Waals surface area contributed by atoms with Gasteiger partial charge in [-0.3, -0.25) is 0 Å². The van der Waals surface area contributed by atoms with Crippen LogP contribution in [-0.4, -0.2) is 13.4 Å². The summed E-state index contributed by atoms with van der Waals surface area (Å²) in [7, 11) is -3.90. The maximum absolute atomic E-state index is 12.6. The Kier molecular flexibility index (Phi) is 4.01. The van der Waals surface area contributed by atoms with Crippen LogP contribution in [-0.2, 0) is 10.1 Å². The number of hydrogen-bond donors (Lipinski definition) is 1. The normalized spacial score (nSPS) is 11.6. The van der Waals surface area contributed by atoms with Crippen LogP contribution in [0.25, 0.3) is 22.2 Å². The average Bonchev–Trinajstić information content (AvgIpc) is 3.08. The van der Waals surface area contributed by atoms with E-state index >= 15 is 0 Å². The number of H-pyrrole nitrogens is 1. The molecule has 1 N–H and O–H groups in total. The topological polar surface area (TPSA) is 59.2 Å². The van der Waals surface area contributed by atoms with E-state index in [1.165, 1.54) is 0 Å². The van der Waals surface area contributed by atoms with Crippen molar-refractivity contribution in [1.29, 1.82) is 0 Å². The summed E-state index contributed by atoms with van der Waals surface area (Å²) in [5.74, 6) is 0.283. The monoisotopic (exact) mass is 363 g/mol. The van der Waals surface area contributed by atoms with Crippen LogP contribution in [0, 0.1) is 6.92 Å². The molecular formula is C21H17NO3S. The molecule has 0 fully saturated rings. The first-order chi connectivity index (χ1) is 12.5. The molecule has 4 aromatic rings. The minimum atomic E-state index is -3.90. The highest BCUT2D eigenvalue weighted by Gasteiger charge is 2.18. The van der Waals surface area contributed by atoms with E-state index in [1.807, 2.05) is 49.4 Å². The predicted molar refractivity (Wildman–Crippen MR) is 103 cm³/mol. The SMILES string of the molecule is Cc1ccc(S(=O)(=O)Oc2cccc3cc(-c4ccccc4)[nH]c23)cc1. The molecule has 3 aromatic carbocycles. The van der Waals surface area contributed by atoms with E-state index in [-0.39, 0.29) is 10.6 Å². The van der Waals surface area contributed by atoms with Crippen molar-refractivity contribution in [3.63, 3.8) is 0 Å². The molecule has 130 valence electrons. The van der Waals surface area contributed by atoms with Crippen LogP contribution in [0.5, 0.6) is 5.75 Å². The highest BCUT2D eigenvalue weighted by atomic mass is 32.2. The third-order valence-electron chi connectivity index (χ3n) is 4.21. The Balaban J connectivity index is 1.75. The summed E-state index contributed by atoms with van der Waals surface area (Å²) in [6.45, 7) is 1.90. The van der Waals surface area contributed by atoms with Gasteiger partial charge in [-0.1, -0.05) is 60.2 Å². The fourth-order valence-corrected chi connectivity index (χ4v) is 3.78. The molecule has 0 atom stereocenters. The highest BCUT2D eigenvalue weighted by molar-refractivity contribution is 7.87. The van der Waals surface area contributed by atoms with Gasteiger partial charge in [-0.05, 0) is 36.8 Å². The molecule has 0 aliphatic heterocycles. The van der Waals surface area contributed by atoms with Crippen LogP contribution < -0.4 is 4.18 Å². The zero-order valence-electron chi connectivity index (χ0n) is 14.1. The van der Waals surface area contributed by atoms with Crippen LogP contribution in [0.3, 0.4) is 0 Å². The van der Waals surface area contributed by atoms with Crippen molar-refractivity contribution in [3.05, 3.63) is 84.4 Å². The molecular weight excluding hydrogens is 346 g/mol. The van der Waals surface area contributed by atoms with E-state index in [0.717, 1.165) is 22.2 Å². The van der Waals surface area contributed by atoms with Gasteiger partial charge in [0, 0.05) is 11.1 Å². The molecule has 0 bridgehead atoms. The van der Waals surface area contributed by atoms with E-state index < -0.39 is 10.1 Å². The standard InChI is InChI=1S/C21H17NO3S/c1-15-10-12-18(13-11-15)26(23,24)25-20-9-5-8-17-14-19(22-21(17)20)16-6-3-2-4-7-16/h2-14,22H,1H3.